The van der Waals surface area contributed by atoms with Crippen LogP contribution in [0, 0.1) is 0 Å². The van der Waals surface area contributed by atoms with Crippen LogP contribution in [0.3, 0.4) is 0 Å². The molecule has 3 aromatic rings. The molecule has 29 heavy (non-hydrogen) atoms. The molecule has 148 valence electrons. The maximum atomic E-state index is 13.0. The molecular formula is C22H20ClN3O2S. The van der Waals surface area contributed by atoms with Gasteiger partial charge < -0.3 is 9.80 Å². The molecule has 2 amide bonds. The third-order valence-electron chi connectivity index (χ3n) is 4.89. The second-order valence-electron chi connectivity index (χ2n) is 6.85. The highest BCUT2D eigenvalue weighted by Gasteiger charge is 2.25. The van der Waals surface area contributed by atoms with Crippen molar-refractivity contribution in [2.45, 2.75) is 6.42 Å². The fourth-order valence-corrected chi connectivity index (χ4v) is 4.36. The van der Waals surface area contributed by atoms with Gasteiger partial charge >= 0.3 is 0 Å². The highest BCUT2D eigenvalue weighted by Crippen LogP contribution is 2.26. The first kappa shape index (κ1) is 19.6. The summed E-state index contributed by atoms with van der Waals surface area (Å²) in [6.07, 6.45) is 0.746. The first-order chi connectivity index (χ1) is 14.1. The van der Waals surface area contributed by atoms with Gasteiger partial charge in [0.25, 0.3) is 11.8 Å². The zero-order chi connectivity index (χ0) is 20.2. The smallest absolute Gasteiger partial charge is 0.273 e. The van der Waals surface area contributed by atoms with E-state index < -0.39 is 0 Å². The van der Waals surface area contributed by atoms with Crippen molar-refractivity contribution in [3.05, 3.63) is 76.3 Å². The number of carbonyl (C=O) groups excluding carboxylic acids is 2. The van der Waals surface area contributed by atoms with Gasteiger partial charge in [0.2, 0.25) is 0 Å². The van der Waals surface area contributed by atoms with E-state index in [0.717, 1.165) is 17.0 Å². The summed E-state index contributed by atoms with van der Waals surface area (Å²) < 4.78 is 0. The number of carbonyl (C=O) groups is 2. The molecule has 1 aliphatic heterocycles. The van der Waals surface area contributed by atoms with Crippen molar-refractivity contribution in [1.82, 2.24) is 14.8 Å². The van der Waals surface area contributed by atoms with Crippen molar-refractivity contribution < 1.29 is 9.59 Å². The summed E-state index contributed by atoms with van der Waals surface area (Å²) in [7, 11) is 0. The largest absolute Gasteiger partial charge is 0.337 e. The summed E-state index contributed by atoms with van der Waals surface area (Å²) in [6, 6.07) is 16.7. The minimum absolute atomic E-state index is 0.0109. The normalized spacial score (nSPS) is 14.5. The maximum Gasteiger partial charge on any atom is 0.273 e. The minimum Gasteiger partial charge on any atom is -0.337 e. The second kappa shape index (κ2) is 8.76. The Hall–Kier alpha value is -2.70. The van der Waals surface area contributed by atoms with Crippen LogP contribution in [0.1, 0.15) is 27.3 Å². The summed E-state index contributed by atoms with van der Waals surface area (Å²) in [5, 5.41) is 3.20. The lowest BCUT2D eigenvalue weighted by Gasteiger charge is -2.21. The number of halogens is 1. The average Bonchev–Trinajstić information content (AvgIpc) is 3.12. The number of thiazole rings is 1. The molecule has 0 unspecified atom stereocenters. The molecule has 7 heteroatoms. The molecule has 1 aromatic heterocycles. The van der Waals surface area contributed by atoms with Crippen molar-refractivity contribution >= 4 is 34.8 Å². The standard InChI is InChI=1S/C22H20ClN3O2S/c23-18-9-4-8-17(14-18)20-24-19(15-29-20)22(28)26-11-5-10-25(12-13-26)21(27)16-6-2-1-3-7-16/h1-4,6-9,14-15H,5,10-13H2. The topological polar surface area (TPSA) is 53.5 Å². The van der Waals surface area contributed by atoms with Crippen molar-refractivity contribution in [3.8, 4) is 10.6 Å². The first-order valence-corrected chi connectivity index (χ1v) is 10.7. The van der Waals surface area contributed by atoms with Crippen LogP contribution in [0.25, 0.3) is 10.6 Å². The lowest BCUT2D eigenvalue weighted by molar-refractivity contribution is 0.0716. The minimum atomic E-state index is -0.0939. The molecule has 0 spiro atoms. The Morgan fingerprint density at radius 1 is 0.897 bits per heavy atom. The van der Waals surface area contributed by atoms with Crippen LogP contribution >= 0.6 is 22.9 Å². The molecule has 4 rings (SSSR count). The Bertz CT molecular complexity index is 1020. The van der Waals surface area contributed by atoms with Crippen LogP contribution in [0.15, 0.2) is 60.0 Å². The fraction of sp³-hybridized carbons (Fsp3) is 0.227. The van der Waals surface area contributed by atoms with Crippen molar-refractivity contribution in [3.63, 3.8) is 0 Å². The maximum absolute atomic E-state index is 13.0. The lowest BCUT2D eigenvalue weighted by Crippen LogP contribution is -2.37. The molecule has 0 aliphatic carbocycles. The van der Waals surface area contributed by atoms with Gasteiger partial charge in [-0.25, -0.2) is 4.98 Å². The zero-order valence-corrected chi connectivity index (χ0v) is 17.3. The number of hydrogen-bond acceptors (Lipinski definition) is 4. The molecule has 5 nitrogen and oxygen atoms in total. The molecule has 0 radical (unpaired) electrons. The van der Waals surface area contributed by atoms with Gasteiger partial charge in [0.05, 0.1) is 0 Å². The van der Waals surface area contributed by atoms with E-state index in [4.69, 9.17) is 11.6 Å². The van der Waals surface area contributed by atoms with E-state index in [9.17, 15) is 9.59 Å². The van der Waals surface area contributed by atoms with Gasteiger partial charge in [0.15, 0.2) is 0 Å². The number of benzene rings is 2. The molecular weight excluding hydrogens is 406 g/mol. The molecule has 1 saturated heterocycles. The molecule has 1 aliphatic rings. The van der Waals surface area contributed by atoms with Crippen LogP contribution in [0.4, 0.5) is 0 Å². The number of nitrogens with zero attached hydrogens (tertiary/aromatic N) is 3. The first-order valence-electron chi connectivity index (χ1n) is 9.47. The van der Waals surface area contributed by atoms with Crippen LogP contribution in [0.2, 0.25) is 5.02 Å². The predicted octanol–water partition coefficient (Wildman–Crippen LogP) is 4.45. The monoisotopic (exact) mass is 425 g/mol. The van der Waals surface area contributed by atoms with Crippen LogP contribution in [-0.4, -0.2) is 52.8 Å². The molecule has 0 bridgehead atoms. The Morgan fingerprint density at radius 3 is 2.34 bits per heavy atom. The van der Waals surface area contributed by atoms with Crippen molar-refractivity contribution in [1.29, 1.82) is 0 Å². The van der Waals surface area contributed by atoms with E-state index in [1.807, 2.05) is 59.5 Å². The SMILES string of the molecule is O=C(c1ccccc1)N1CCCN(C(=O)c2csc(-c3cccc(Cl)c3)n2)CC1. The predicted molar refractivity (Wildman–Crippen MR) is 115 cm³/mol. The summed E-state index contributed by atoms with van der Waals surface area (Å²) in [5.41, 5.74) is 2.02. The van der Waals surface area contributed by atoms with E-state index in [2.05, 4.69) is 4.98 Å². The highest BCUT2D eigenvalue weighted by molar-refractivity contribution is 7.13. The van der Waals surface area contributed by atoms with Crippen LogP contribution < -0.4 is 0 Å². The van der Waals surface area contributed by atoms with Crippen molar-refractivity contribution in [2.24, 2.45) is 0 Å². The number of hydrogen-bond donors (Lipinski definition) is 0. The van der Waals surface area contributed by atoms with E-state index in [0.29, 0.717) is 42.5 Å². The van der Waals surface area contributed by atoms with Gasteiger partial charge in [-0.05, 0) is 30.7 Å². The third-order valence-corrected chi connectivity index (χ3v) is 6.01. The van der Waals surface area contributed by atoms with Gasteiger partial charge in [-0.15, -0.1) is 11.3 Å². The van der Waals surface area contributed by atoms with E-state index in [1.165, 1.54) is 11.3 Å². The summed E-state index contributed by atoms with van der Waals surface area (Å²) in [4.78, 5) is 33.8. The van der Waals surface area contributed by atoms with Crippen LogP contribution in [-0.2, 0) is 0 Å². The number of aromatic nitrogens is 1. The summed E-state index contributed by atoms with van der Waals surface area (Å²) in [5.74, 6) is -0.0830. The van der Waals surface area contributed by atoms with E-state index >= 15 is 0 Å². The van der Waals surface area contributed by atoms with Gasteiger partial charge in [-0.3, -0.25) is 9.59 Å². The number of amides is 2. The Labute approximate surface area is 178 Å². The number of rotatable bonds is 3. The van der Waals surface area contributed by atoms with Gasteiger partial charge in [-0.2, -0.15) is 0 Å². The Balaban J connectivity index is 1.43. The zero-order valence-electron chi connectivity index (χ0n) is 15.8. The quantitative estimate of drug-likeness (QED) is 0.622. The molecule has 2 aromatic carbocycles. The summed E-state index contributed by atoms with van der Waals surface area (Å²) >= 11 is 7.49. The van der Waals surface area contributed by atoms with Crippen molar-refractivity contribution in [2.75, 3.05) is 26.2 Å². The van der Waals surface area contributed by atoms with Gasteiger partial charge in [0, 0.05) is 47.7 Å². The van der Waals surface area contributed by atoms with Crippen LogP contribution in [0.5, 0.6) is 0 Å². The molecule has 0 saturated carbocycles. The molecule has 2 heterocycles. The van der Waals surface area contributed by atoms with E-state index in [1.54, 1.807) is 10.3 Å². The lowest BCUT2D eigenvalue weighted by atomic mass is 10.2. The Kier molecular flexibility index (Phi) is 5.92. The molecule has 0 N–H and O–H groups in total. The second-order valence-corrected chi connectivity index (χ2v) is 8.15. The van der Waals surface area contributed by atoms with Gasteiger partial charge in [-0.1, -0.05) is 41.9 Å². The van der Waals surface area contributed by atoms with Gasteiger partial charge in [0.1, 0.15) is 10.7 Å². The molecule has 1 fully saturated rings. The molecule has 0 atom stereocenters. The summed E-state index contributed by atoms with van der Waals surface area (Å²) in [6.45, 7) is 2.27. The highest BCUT2D eigenvalue weighted by atomic mass is 35.5. The average molecular weight is 426 g/mol. The third kappa shape index (κ3) is 4.49. The van der Waals surface area contributed by atoms with E-state index in [-0.39, 0.29) is 11.8 Å². The Morgan fingerprint density at radius 2 is 1.62 bits per heavy atom. The fourth-order valence-electron chi connectivity index (χ4n) is 3.38.